The maximum absolute atomic E-state index is 12.1. The Bertz CT molecular complexity index is 938. The van der Waals surface area contributed by atoms with Crippen molar-refractivity contribution in [2.45, 2.75) is 20.8 Å². The van der Waals surface area contributed by atoms with Crippen LogP contribution in [0.4, 0.5) is 10.1 Å². The molecule has 134 valence electrons. The summed E-state index contributed by atoms with van der Waals surface area (Å²) in [7, 11) is 1.73. The van der Waals surface area contributed by atoms with Crippen LogP contribution in [0.15, 0.2) is 70.8 Å². The lowest BCUT2D eigenvalue weighted by Gasteiger charge is -2.04. The first-order valence-electron chi connectivity index (χ1n) is 8.22. The van der Waals surface area contributed by atoms with Gasteiger partial charge in [-0.1, -0.05) is 17.7 Å². The Morgan fingerprint density at radius 2 is 1.81 bits per heavy atom. The van der Waals surface area contributed by atoms with Gasteiger partial charge in [0.1, 0.15) is 5.82 Å². The van der Waals surface area contributed by atoms with E-state index in [0.29, 0.717) is 0 Å². The first kappa shape index (κ1) is 19.2. The van der Waals surface area contributed by atoms with E-state index in [1.165, 1.54) is 16.7 Å². The molecule has 0 saturated heterocycles. The Balaban J connectivity index is 0.000000254. The molecule has 0 aliphatic heterocycles. The average molecular weight is 351 g/mol. The Morgan fingerprint density at radius 1 is 1.12 bits per heavy atom. The van der Waals surface area contributed by atoms with Crippen molar-refractivity contribution in [3.05, 3.63) is 93.9 Å². The minimum atomic E-state index is -0.171. The number of nitrogens with zero attached hydrogens (tertiary/aromatic N) is 3. The lowest BCUT2D eigenvalue weighted by Crippen LogP contribution is -2.16. The van der Waals surface area contributed by atoms with Crippen molar-refractivity contribution in [2.24, 2.45) is 12.0 Å². The monoisotopic (exact) mass is 351 g/mol. The third-order valence-corrected chi connectivity index (χ3v) is 3.81. The van der Waals surface area contributed by atoms with E-state index in [1.807, 2.05) is 32.9 Å². The van der Waals surface area contributed by atoms with Gasteiger partial charge in [-0.25, -0.2) is 4.39 Å². The van der Waals surface area contributed by atoms with Crippen LogP contribution < -0.4 is 5.56 Å². The van der Waals surface area contributed by atoms with E-state index in [-0.39, 0.29) is 11.4 Å². The number of pyridine rings is 2. The van der Waals surface area contributed by atoms with Crippen molar-refractivity contribution < 1.29 is 4.39 Å². The molecule has 0 fully saturated rings. The van der Waals surface area contributed by atoms with Gasteiger partial charge in [-0.3, -0.25) is 14.8 Å². The molecule has 0 spiro atoms. The van der Waals surface area contributed by atoms with Crippen molar-refractivity contribution in [2.75, 3.05) is 0 Å². The fourth-order valence-electron chi connectivity index (χ4n) is 2.14. The minimum Gasteiger partial charge on any atom is -0.319 e. The summed E-state index contributed by atoms with van der Waals surface area (Å²) in [5.41, 5.74) is 4.61. The summed E-state index contributed by atoms with van der Waals surface area (Å²) in [6.45, 7) is 5.79. The van der Waals surface area contributed by atoms with Crippen LogP contribution in [-0.4, -0.2) is 15.3 Å². The molecule has 3 rings (SSSR count). The molecule has 26 heavy (non-hydrogen) atoms. The number of aliphatic imine (C=N–C) groups is 1. The highest BCUT2D eigenvalue weighted by Gasteiger charge is 2.01. The molecule has 1 aromatic carbocycles. The number of aryl methyl sites for hydroxylation is 3. The summed E-state index contributed by atoms with van der Waals surface area (Å²) in [6.07, 6.45) is 5.23. The maximum Gasteiger partial charge on any atom is 0.250 e. The van der Waals surface area contributed by atoms with E-state index >= 15 is 0 Å². The van der Waals surface area contributed by atoms with Crippen LogP contribution in [0.25, 0.3) is 0 Å². The van der Waals surface area contributed by atoms with Gasteiger partial charge in [0.2, 0.25) is 0 Å². The van der Waals surface area contributed by atoms with Gasteiger partial charge in [0, 0.05) is 43.0 Å². The molecule has 2 aromatic heterocycles. The molecule has 0 amide bonds. The van der Waals surface area contributed by atoms with Crippen molar-refractivity contribution >= 4 is 11.4 Å². The molecule has 0 aliphatic rings. The zero-order valence-corrected chi connectivity index (χ0v) is 15.4. The van der Waals surface area contributed by atoms with Crippen molar-refractivity contribution in [3.8, 4) is 0 Å². The highest BCUT2D eigenvalue weighted by molar-refractivity contribution is 6.00. The van der Waals surface area contributed by atoms with Crippen LogP contribution in [0, 0.1) is 19.7 Å². The first-order chi connectivity index (χ1) is 12.4. The highest BCUT2D eigenvalue weighted by Crippen LogP contribution is 2.17. The van der Waals surface area contributed by atoms with Gasteiger partial charge < -0.3 is 4.57 Å². The number of halogens is 1. The second-order valence-corrected chi connectivity index (χ2v) is 6.02. The Hall–Kier alpha value is -3.08. The van der Waals surface area contributed by atoms with Crippen LogP contribution in [0.3, 0.4) is 0 Å². The summed E-state index contributed by atoms with van der Waals surface area (Å²) >= 11 is 0. The van der Waals surface area contributed by atoms with E-state index in [2.05, 4.69) is 9.98 Å². The molecule has 2 heterocycles. The Morgan fingerprint density at radius 3 is 2.38 bits per heavy atom. The molecular formula is C21H22FN3O. The molecule has 0 aliphatic carbocycles. The Labute approximate surface area is 152 Å². The van der Waals surface area contributed by atoms with Crippen molar-refractivity contribution in [1.82, 2.24) is 9.55 Å². The summed E-state index contributed by atoms with van der Waals surface area (Å²) in [5, 5.41) is 0. The number of aromatic nitrogens is 2. The van der Waals surface area contributed by atoms with Crippen LogP contribution in [0.2, 0.25) is 0 Å². The summed E-state index contributed by atoms with van der Waals surface area (Å²) in [6, 6.07) is 11.7. The molecule has 0 unspecified atom stereocenters. The predicted octanol–water partition coefficient (Wildman–Crippen LogP) is 4.36. The van der Waals surface area contributed by atoms with E-state index in [0.717, 1.165) is 28.1 Å². The fraction of sp³-hybridized carbons (Fsp3) is 0.190. The highest BCUT2D eigenvalue weighted by atomic mass is 19.1. The number of benzene rings is 1. The largest absolute Gasteiger partial charge is 0.319 e. The lowest BCUT2D eigenvalue weighted by molar-refractivity contribution is 0.627. The minimum absolute atomic E-state index is 0.0338. The average Bonchev–Trinajstić information content (AvgIpc) is 2.62. The molecular weight excluding hydrogens is 329 g/mol. The van der Waals surface area contributed by atoms with E-state index < -0.39 is 0 Å². The standard InChI is InChI=1S/C14H15N3O.C7H7F/c1-10-9-15-6-4-13(10)16-11(2)12-5-7-17(3)14(18)8-12;1-6-2-4-7(8)5-3-6/h4-9H,1-3H3;2-5H,1H3. The Kier molecular flexibility index (Phi) is 6.55. The third kappa shape index (κ3) is 5.48. The SMILES string of the molecule is CC(=Nc1ccncc1C)c1ccn(C)c(=O)c1.Cc1ccc(F)cc1. The molecule has 3 aromatic rings. The maximum atomic E-state index is 12.1. The third-order valence-electron chi connectivity index (χ3n) is 3.81. The first-order valence-corrected chi connectivity index (χ1v) is 8.22. The van der Waals surface area contributed by atoms with E-state index in [1.54, 1.807) is 43.8 Å². The van der Waals surface area contributed by atoms with Gasteiger partial charge in [-0.2, -0.15) is 0 Å². The van der Waals surface area contributed by atoms with E-state index in [9.17, 15) is 9.18 Å². The molecule has 0 bridgehead atoms. The quantitative estimate of drug-likeness (QED) is 0.644. The second-order valence-electron chi connectivity index (χ2n) is 6.02. The summed E-state index contributed by atoms with van der Waals surface area (Å²) in [5.74, 6) is -0.171. The molecule has 5 heteroatoms. The molecule has 0 radical (unpaired) electrons. The smallest absolute Gasteiger partial charge is 0.250 e. The number of hydrogen-bond donors (Lipinski definition) is 0. The van der Waals surface area contributed by atoms with Gasteiger partial charge >= 0.3 is 0 Å². The van der Waals surface area contributed by atoms with Crippen molar-refractivity contribution in [1.29, 1.82) is 0 Å². The predicted molar refractivity (Wildman–Crippen MR) is 104 cm³/mol. The van der Waals surface area contributed by atoms with Gasteiger partial charge in [0.25, 0.3) is 5.56 Å². The van der Waals surface area contributed by atoms with Gasteiger partial charge in [-0.15, -0.1) is 0 Å². The van der Waals surface area contributed by atoms with Crippen LogP contribution >= 0.6 is 0 Å². The second kappa shape index (κ2) is 8.85. The molecule has 0 N–H and O–H groups in total. The summed E-state index contributed by atoms with van der Waals surface area (Å²) < 4.78 is 13.6. The zero-order valence-electron chi connectivity index (χ0n) is 15.4. The molecule has 0 saturated carbocycles. The fourth-order valence-corrected chi connectivity index (χ4v) is 2.14. The van der Waals surface area contributed by atoms with Gasteiger partial charge in [-0.05, 0) is 50.6 Å². The van der Waals surface area contributed by atoms with Crippen LogP contribution in [0.1, 0.15) is 23.6 Å². The molecule has 4 nitrogen and oxygen atoms in total. The van der Waals surface area contributed by atoms with E-state index in [4.69, 9.17) is 0 Å². The number of rotatable bonds is 2. The summed E-state index contributed by atoms with van der Waals surface area (Å²) in [4.78, 5) is 20.1. The van der Waals surface area contributed by atoms with Gasteiger partial charge in [0.15, 0.2) is 0 Å². The number of hydrogen-bond acceptors (Lipinski definition) is 3. The topological polar surface area (TPSA) is 47.2 Å². The normalized spacial score (nSPS) is 10.9. The lowest BCUT2D eigenvalue weighted by atomic mass is 10.2. The molecule has 0 atom stereocenters. The van der Waals surface area contributed by atoms with Gasteiger partial charge in [0.05, 0.1) is 5.69 Å². The van der Waals surface area contributed by atoms with Crippen LogP contribution in [-0.2, 0) is 7.05 Å². The zero-order chi connectivity index (χ0) is 19.1. The van der Waals surface area contributed by atoms with Crippen molar-refractivity contribution in [3.63, 3.8) is 0 Å². The van der Waals surface area contributed by atoms with Crippen LogP contribution in [0.5, 0.6) is 0 Å².